The first-order chi connectivity index (χ1) is 16.1. The summed E-state index contributed by atoms with van der Waals surface area (Å²) in [5.74, 6) is 0.927. The quantitative estimate of drug-likeness (QED) is 0.574. The number of hydrogen-bond acceptors (Lipinski definition) is 5. The van der Waals surface area contributed by atoms with E-state index in [0.717, 1.165) is 25.1 Å². The summed E-state index contributed by atoms with van der Waals surface area (Å²) >= 11 is 6.17. The minimum Gasteiger partial charge on any atom is -0.489 e. The van der Waals surface area contributed by atoms with Gasteiger partial charge in [0.15, 0.2) is 0 Å². The maximum Gasteiger partial charge on any atom is 0.251 e. The molecule has 34 heavy (non-hydrogen) atoms. The fourth-order valence-electron chi connectivity index (χ4n) is 5.70. The van der Waals surface area contributed by atoms with Gasteiger partial charge in [0.1, 0.15) is 24.2 Å². The van der Waals surface area contributed by atoms with Crippen LogP contribution >= 0.6 is 11.6 Å². The van der Waals surface area contributed by atoms with E-state index >= 15 is 0 Å². The van der Waals surface area contributed by atoms with Gasteiger partial charge in [-0.3, -0.25) is 4.79 Å². The van der Waals surface area contributed by atoms with Crippen LogP contribution in [0.3, 0.4) is 0 Å². The molecule has 2 fully saturated rings. The van der Waals surface area contributed by atoms with Gasteiger partial charge in [0.2, 0.25) is 0 Å². The van der Waals surface area contributed by atoms with Crippen molar-refractivity contribution in [1.29, 1.82) is 5.26 Å². The second kappa shape index (κ2) is 8.96. The lowest BCUT2D eigenvalue weighted by Crippen LogP contribution is -2.74. The van der Waals surface area contributed by atoms with Crippen molar-refractivity contribution < 1.29 is 14.3 Å². The summed E-state index contributed by atoms with van der Waals surface area (Å²) in [5.41, 5.74) is 1.46. The van der Waals surface area contributed by atoms with E-state index in [4.69, 9.17) is 21.6 Å². The first kappa shape index (κ1) is 24.1. The second-order valence-corrected chi connectivity index (χ2v) is 10.9. The topological polar surface area (TPSA) is 82.4 Å². The number of nitriles is 1. The lowest BCUT2D eigenvalue weighted by molar-refractivity contribution is -0.164. The van der Waals surface area contributed by atoms with Gasteiger partial charge in [-0.25, -0.2) is 0 Å². The highest BCUT2D eigenvalue weighted by Crippen LogP contribution is 2.55. The number of ether oxygens (including phenoxy) is 1. The van der Waals surface area contributed by atoms with Crippen LogP contribution in [0.25, 0.3) is 0 Å². The molecular weight excluding hydrogens is 450 g/mol. The molecule has 0 spiro atoms. The maximum atomic E-state index is 13.1. The van der Waals surface area contributed by atoms with Crippen molar-refractivity contribution in [2.75, 3.05) is 18.0 Å². The number of anilines is 1. The number of carbonyl (C=O) groups is 2. The average Bonchev–Trinajstić information content (AvgIpc) is 2.77. The summed E-state index contributed by atoms with van der Waals surface area (Å²) in [6, 6.07) is 14.7. The molecule has 178 valence electrons. The van der Waals surface area contributed by atoms with Gasteiger partial charge in [0.25, 0.3) is 5.91 Å². The monoisotopic (exact) mass is 479 g/mol. The Hall–Kier alpha value is -3.04. The smallest absolute Gasteiger partial charge is 0.251 e. The first-order valence-electron chi connectivity index (χ1n) is 11.5. The number of aldehydes is 1. The van der Waals surface area contributed by atoms with E-state index in [1.165, 1.54) is 0 Å². The third-order valence-corrected chi connectivity index (χ3v) is 7.62. The van der Waals surface area contributed by atoms with Crippen LogP contribution in [0, 0.1) is 28.1 Å². The van der Waals surface area contributed by atoms with Crippen molar-refractivity contribution in [1.82, 2.24) is 5.32 Å². The fraction of sp³-hybridized carbons (Fsp3) is 0.444. The van der Waals surface area contributed by atoms with Gasteiger partial charge in [-0.2, -0.15) is 5.26 Å². The van der Waals surface area contributed by atoms with E-state index in [2.05, 4.69) is 44.0 Å². The van der Waals surface area contributed by atoms with Crippen LogP contribution in [-0.2, 0) is 4.79 Å². The highest BCUT2D eigenvalue weighted by atomic mass is 35.5. The van der Waals surface area contributed by atoms with Crippen molar-refractivity contribution >= 4 is 29.5 Å². The average molecular weight is 480 g/mol. The molecule has 2 aliphatic rings. The molecule has 2 aromatic carbocycles. The van der Waals surface area contributed by atoms with Gasteiger partial charge in [-0.1, -0.05) is 39.3 Å². The molecule has 1 aliphatic carbocycles. The van der Waals surface area contributed by atoms with E-state index in [-0.39, 0.29) is 28.9 Å². The Bertz CT molecular complexity index is 1110. The van der Waals surface area contributed by atoms with E-state index in [1.54, 1.807) is 18.2 Å². The normalized spacial score (nSPS) is 22.6. The SMILES string of the molecule is CC1(C)C(NC(=O)c2ccc(N3CC(CC=O)C3)cc2)C(C)(C)C1Oc1ccc(C#N)c(Cl)c1. The van der Waals surface area contributed by atoms with Gasteiger partial charge in [0.05, 0.1) is 10.6 Å². The number of rotatable bonds is 7. The van der Waals surface area contributed by atoms with E-state index in [1.807, 2.05) is 24.3 Å². The van der Waals surface area contributed by atoms with Gasteiger partial charge in [0, 0.05) is 59.6 Å². The second-order valence-electron chi connectivity index (χ2n) is 10.5. The summed E-state index contributed by atoms with van der Waals surface area (Å²) in [5, 5.41) is 12.7. The van der Waals surface area contributed by atoms with Crippen LogP contribution in [0.2, 0.25) is 5.02 Å². The van der Waals surface area contributed by atoms with Gasteiger partial charge in [-0.05, 0) is 36.4 Å². The summed E-state index contributed by atoms with van der Waals surface area (Å²) in [6.07, 6.45) is 1.43. The molecule has 4 rings (SSSR count). The van der Waals surface area contributed by atoms with E-state index in [0.29, 0.717) is 34.2 Å². The minimum absolute atomic E-state index is 0.0921. The molecule has 1 heterocycles. The zero-order valence-corrected chi connectivity index (χ0v) is 20.7. The Morgan fingerprint density at radius 2 is 1.82 bits per heavy atom. The van der Waals surface area contributed by atoms with Crippen LogP contribution in [0.4, 0.5) is 5.69 Å². The highest BCUT2D eigenvalue weighted by Gasteiger charge is 2.64. The molecule has 2 aromatic rings. The lowest BCUT2D eigenvalue weighted by atomic mass is 9.49. The van der Waals surface area contributed by atoms with Gasteiger partial charge in [-0.15, -0.1) is 0 Å². The summed E-state index contributed by atoms with van der Waals surface area (Å²) in [6.45, 7) is 10.1. The number of carbonyl (C=O) groups excluding carboxylic acids is 2. The van der Waals surface area contributed by atoms with Crippen LogP contribution in [0.1, 0.15) is 50.0 Å². The molecule has 6 nitrogen and oxygen atoms in total. The third-order valence-electron chi connectivity index (χ3n) is 7.31. The molecule has 1 aliphatic heterocycles. The van der Waals surface area contributed by atoms with Crippen molar-refractivity contribution in [3.8, 4) is 11.8 Å². The number of halogens is 1. The Balaban J connectivity index is 1.40. The Kier molecular flexibility index (Phi) is 6.35. The number of nitrogens with one attached hydrogen (secondary N) is 1. The maximum absolute atomic E-state index is 13.1. The summed E-state index contributed by atoms with van der Waals surface area (Å²) in [4.78, 5) is 25.9. The standard InChI is InChI=1S/C27H30ClN3O3/c1-26(2)24(27(3,4)25(26)34-21-10-7-19(14-29)22(28)13-21)30-23(33)18-5-8-20(9-6-18)31-15-17(16-31)11-12-32/h5-10,12-13,17,24-25H,11,15-16H2,1-4H3,(H,30,33). The number of benzene rings is 2. The first-order valence-corrected chi connectivity index (χ1v) is 11.9. The summed E-state index contributed by atoms with van der Waals surface area (Å²) < 4.78 is 6.29. The fourth-order valence-corrected chi connectivity index (χ4v) is 5.91. The molecule has 1 saturated heterocycles. The molecule has 1 saturated carbocycles. The highest BCUT2D eigenvalue weighted by molar-refractivity contribution is 6.31. The Labute approximate surface area is 205 Å². The van der Waals surface area contributed by atoms with Crippen LogP contribution in [-0.4, -0.2) is 37.4 Å². The molecule has 0 atom stereocenters. The Morgan fingerprint density at radius 1 is 1.18 bits per heavy atom. The van der Waals surface area contributed by atoms with Crippen LogP contribution in [0.5, 0.6) is 5.75 Å². The molecule has 0 aromatic heterocycles. The molecular formula is C27H30ClN3O3. The molecule has 0 unspecified atom stereocenters. The van der Waals surface area contributed by atoms with E-state index in [9.17, 15) is 9.59 Å². The minimum atomic E-state index is -0.315. The molecule has 0 radical (unpaired) electrons. The Morgan fingerprint density at radius 3 is 2.38 bits per heavy atom. The number of amides is 1. The van der Waals surface area contributed by atoms with Crippen molar-refractivity contribution in [3.63, 3.8) is 0 Å². The molecule has 1 amide bonds. The number of hydrogen-bond donors (Lipinski definition) is 1. The van der Waals surface area contributed by atoms with Crippen molar-refractivity contribution in [2.45, 2.75) is 46.3 Å². The molecule has 7 heteroatoms. The summed E-state index contributed by atoms with van der Waals surface area (Å²) in [7, 11) is 0. The zero-order valence-electron chi connectivity index (χ0n) is 20.0. The van der Waals surface area contributed by atoms with Crippen LogP contribution < -0.4 is 15.0 Å². The zero-order chi connectivity index (χ0) is 24.7. The molecule has 1 N–H and O–H groups in total. The van der Waals surface area contributed by atoms with E-state index < -0.39 is 0 Å². The predicted molar refractivity (Wildman–Crippen MR) is 132 cm³/mol. The third kappa shape index (κ3) is 4.25. The van der Waals surface area contributed by atoms with Crippen LogP contribution in [0.15, 0.2) is 42.5 Å². The van der Waals surface area contributed by atoms with Gasteiger partial charge < -0.3 is 19.7 Å². The van der Waals surface area contributed by atoms with Crippen molar-refractivity contribution in [2.24, 2.45) is 16.7 Å². The lowest BCUT2D eigenvalue weighted by Gasteiger charge is -2.63. The largest absolute Gasteiger partial charge is 0.489 e. The number of nitrogens with zero attached hydrogens (tertiary/aromatic N) is 2. The predicted octanol–water partition coefficient (Wildman–Crippen LogP) is 4.85. The molecule has 0 bridgehead atoms. The van der Waals surface area contributed by atoms with Gasteiger partial charge >= 0.3 is 0 Å². The van der Waals surface area contributed by atoms with Crippen molar-refractivity contribution in [3.05, 3.63) is 58.6 Å².